The van der Waals surface area contributed by atoms with Gasteiger partial charge in [0.2, 0.25) is 0 Å². The molecule has 0 fully saturated rings. The molecule has 0 spiro atoms. The fourth-order valence-electron chi connectivity index (χ4n) is 3.02. The van der Waals surface area contributed by atoms with Crippen LogP contribution in [0.25, 0.3) is 0 Å². The van der Waals surface area contributed by atoms with Crippen LogP contribution in [0.1, 0.15) is 31.9 Å². The van der Waals surface area contributed by atoms with E-state index >= 15 is 0 Å². The summed E-state index contributed by atoms with van der Waals surface area (Å²) in [5, 5.41) is 10.8. The molecule has 0 amide bonds. The van der Waals surface area contributed by atoms with Crippen LogP contribution >= 0.6 is 0 Å². The molecule has 1 aliphatic rings. The fourth-order valence-corrected chi connectivity index (χ4v) is 3.02. The highest BCUT2D eigenvalue weighted by molar-refractivity contribution is 5.36. The van der Waals surface area contributed by atoms with Crippen molar-refractivity contribution < 1.29 is 5.11 Å². The Morgan fingerprint density at radius 2 is 1.76 bits per heavy atom. The van der Waals surface area contributed by atoms with E-state index in [0.717, 1.165) is 12.8 Å². The number of benzene rings is 1. The lowest BCUT2D eigenvalue weighted by molar-refractivity contribution is -0.0959. The summed E-state index contributed by atoms with van der Waals surface area (Å²) in [6.07, 6.45) is 1.79. The van der Waals surface area contributed by atoms with Gasteiger partial charge in [0, 0.05) is 12.0 Å². The van der Waals surface area contributed by atoms with Gasteiger partial charge in [-0.25, -0.2) is 0 Å². The van der Waals surface area contributed by atoms with Gasteiger partial charge in [-0.3, -0.25) is 0 Å². The lowest BCUT2D eigenvalue weighted by Gasteiger charge is -2.45. The van der Waals surface area contributed by atoms with Crippen molar-refractivity contribution in [2.24, 2.45) is 17.1 Å². The van der Waals surface area contributed by atoms with Gasteiger partial charge in [0.05, 0.1) is 5.60 Å². The Balaban J connectivity index is 2.39. The van der Waals surface area contributed by atoms with E-state index in [2.05, 4.69) is 38.1 Å². The highest BCUT2D eigenvalue weighted by Gasteiger charge is 2.50. The average Bonchev–Trinajstić information content (AvgIpc) is 2.68. The molecule has 1 unspecified atom stereocenters. The van der Waals surface area contributed by atoms with E-state index in [4.69, 9.17) is 5.73 Å². The Labute approximate surface area is 104 Å². The maximum absolute atomic E-state index is 10.8. The minimum absolute atomic E-state index is 0.204. The maximum atomic E-state index is 10.8. The summed E-state index contributed by atoms with van der Waals surface area (Å²) in [5.41, 5.74) is 7.78. The Morgan fingerprint density at radius 3 is 2.12 bits per heavy atom. The molecule has 1 aromatic carbocycles. The van der Waals surface area contributed by atoms with Gasteiger partial charge in [0.15, 0.2) is 0 Å². The van der Waals surface area contributed by atoms with Crippen LogP contribution in [0.2, 0.25) is 0 Å². The molecule has 17 heavy (non-hydrogen) atoms. The smallest absolute Gasteiger partial charge is 0.0716 e. The lowest BCUT2D eigenvalue weighted by Crippen LogP contribution is -2.54. The minimum atomic E-state index is -0.721. The van der Waals surface area contributed by atoms with Crippen LogP contribution in [0.5, 0.6) is 0 Å². The topological polar surface area (TPSA) is 46.2 Å². The number of hydrogen-bond donors (Lipinski definition) is 2. The summed E-state index contributed by atoms with van der Waals surface area (Å²) >= 11 is 0. The SMILES string of the molecule is CC(C)C(C)(O)C1(CN)Cc2ccccc2C1. The van der Waals surface area contributed by atoms with Crippen molar-refractivity contribution in [3.63, 3.8) is 0 Å². The first-order chi connectivity index (χ1) is 7.93. The summed E-state index contributed by atoms with van der Waals surface area (Å²) in [4.78, 5) is 0. The van der Waals surface area contributed by atoms with Crippen molar-refractivity contribution in [1.29, 1.82) is 0 Å². The molecule has 0 saturated carbocycles. The predicted molar refractivity (Wildman–Crippen MR) is 70.8 cm³/mol. The van der Waals surface area contributed by atoms with Crippen LogP contribution in [0, 0.1) is 11.3 Å². The number of aliphatic hydroxyl groups is 1. The van der Waals surface area contributed by atoms with Gasteiger partial charge in [-0.15, -0.1) is 0 Å². The van der Waals surface area contributed by atoms with E-state index in [9.17, 15) is 5.11 Å². The van der Waals surface area contributed by atoms with E-state index in [-0.39, 0.29) is 11.3 Å². The monoisotopic (exact) mass is 233 g/mol. The van der Waals surface area contributed by atoms with Gasteiger partial charge in [-0.2, -0.15) is 0 Å². The molecule has 2 nitrogen and oxygen atoms in total. The molecule has 3 N–H and O–H groups in total. The first kappa shape index (κ1) is 12.6. The second-order valence-corrected chi connectivity index (χ2v) is 5.91. The number of hydrogen-bond acceptors (Lipinski definition) is 2. The molecule has 2 heteroatoms. The Kier molecular flexibility index (Phi) is 3.04. The van der Waals surface area contributed by atoms with Crippen LogP contribution in [0.15, 0.2) is 24.3 Å². The molecule has 0 aromatic heterocycles. The zero-order valence-electron chi connectivity index (χ0n) is 11.0. The van der Waals surface area contributed by atoms with E-state index in [0.29, 0.717) is 6.54 Å². The third-order valence-corrected chi connectivity index (χ3v) is 4.76. The van der Waals surface area contributed by atoms with E-state index < -0.39 is 5.60 Å². The first-order valence-corrected chi connectivity index (χ1v) is 6.42. The van der Waals surface area contributed by atoms with Crippen LogP contribution in [-0.4, -0.2) is 17.3 Å². The summed E-state index contributed by atoms with van der Waals surface area (Å²) in [6.45, 7) is 6.62. The molecule has 1 aromatic rings. The highest BCUT2D eigenvalue weighted by Crippen LogP contribution is 2.47. The van der Waals surface area contributed by atoms with E-state index in [1.54, 1.807) is 0 Å². The van der Waals surface area contributed by atoms with Crippen molar-refractivity contribution in [1.82, 2.24) is 0 Å². The van der Waals surface area contributed by atoms with Crippen LogP contribution in [0.4, 0.5) is 0 Å². The molecule has 0 heterocycles. The molecule has 1 atom stereocenters. The van der Waals surface area contributed by atoms with Crippen molar-refractivity contribution in [2.45, 2.75) is 39.2 Å². The second kappa shape index (κ2) is 4.11. The number of rotatable bonds is 3. The highest BCUT2D eigenvalue weighted by atomic mass is 16.3. The van der Waals surface area contributed by atoms with Gasteiger partial charge in [0.25, 0.3) is 0 Å². The molecule has 0 saturated heterocycles. The molecule has 2 rings (SSSR count). The lowest BCUT2D eigenvalue weighted by atomic mass is 9.65. The third-order valence-electron chi connectivity index (χ3n) is 4.76. The first-order valence-electron chi connectivity index (χ1n) is 6.42. The molecule has 0 aliphatic heterocycles. The van der Waals surface area contributed by atoms with E-state index in [1.807, 2.05) is 6.92 Å². The summed E-state index contributed by atoms with van der Waals surface area (Å²) < 4.78 is 0. The summed E-state index contributed by atoms with van der Waals surface area (Å²) in [6, 6.07) is 8.44. The minimum Gasteiger partial charge on any atom is -0.389 e. The van der Waals surface area contributed by atoms with Crippen molar-refractivity contribution in [3.8, 4) is 0 Å². The number of fused-ring (bicyclic) bond motifs is 1. The van der Waals surface area contributed by atoms with Gasteiger partial charge < -0.3 is 10.8 Å². The van der Waals surface area contributed by atoms with Gasteiger partial charge in [-0.05, 0) is 36.8 Å². The predicted octanol–water partition coefficient (Wildman–Crippen LogP) is 2.14. The molecule has 1 aliphatic carbocycles. The largest absolute Gasteiger partial charge is 0.389 e. The number of nitrogens with two attached hydrogens (primary N) is 1. The Hall–Kier alpha value is -0.860. The maximum Gasteiger partial charge on any atom is 0.0716 e. The summed E-state index contributed by atoms with van der Waals surface area (Å²) in [7, 11) is 0. The van der Waals surface area contributed by atoms with Crippen molar-refractivity contribution in [3.05, 3.63) is 35.4 Å². The molecule has 0 radical (unpaired) electrons. The Bertz CT molecular complexity index is 384. The standard InChI is InChI=1S/C15H23NO/c1-11(2)14(3,17)15(10-16)8-12-6-4-5-7-13(12)9-15/h4-7,11,17H,8-10,16H2,1-3H3. The van der Waals surface area contributed by atoms with E-state index in [1.165, 1.54) is 11.1 Å². The van der Waals surface area contributed by atoms with Crippen molar-refractivity contribution >= 4 is 0 Å². The van der Waals surface area contributed by atoms with Gasteiger partial charge >= 0.3 is 0 Å². The summed E-state index contributed by atoms with van der Waals surface area (Å²) in [5.74, 6) is 0.209. The normalized spacial score (nSPS) is 21.3. The molecular weight excluding hydrogens is 210 g/mol. The zero-order chi connectivity index (χ0) is 12.7. The Morgan fingerprint density at radius 1 is 1.29 bits per heavy atom. The fraction of sp³-hybridized carbons (Fsp3) is 0.600. The van der Waals surface area contributed by atoms with Crippen LogP contribution in [0.3, 0.4) is 0 Å². The van der Waals surface area contributed by atoms with Crippen LogP contribution < -0.4 is 5.73 Å². The average molecular weight is 233 g/mol. The van der Waals surface area contributed by atoms with Gasteiger partial charge in [0.1, 0.15) is 0 Å². The molecular formula is C15H23NO. The van der Waals surface area contributed by atoms with Crippen LogP contribution in [-0.2, 0) is 12.8 Å². The molecule has 94 valence electrons. The molecule has 0 bridgehead atoms. The van der Waals surface area contributed by atoms with Gasteiger partial charge in [-0.1, -0.05) is 38.1 Å². The third kappa shape index (κ3) is 1.80. The van der Waals surface area contributed by atoms with Crippen molar-refractivity contribution in [2.75, 3.05) is 6.54 Å². The zero-order valence-corrected chi connectivity index (χ0v) is 11.0. The second-order valence-electron chi connectivity index (χ2n) is 5.91. The quantitative estimate of drug-likeness (QED) is 0.840.